The molecule has 4 aromatic rings. The highest BCUT2D eigenvalue weighted by Gasteiger charge is 2.13. The van der Waals surface area contributed by atoms with Crippen molar-refractivity contribution in [2.45, 2.75) is 6.42 Å². The molecule has 146 valence electrons. The Morgan fingerprint density at radius 1 is 0.966 bits per heavy atom. The predicted octanol–water partition coefficient (Wildman–Crippen LogP) is 2.70. The molecule has 0 spiro atoms. The van der Waals surface area contributed by atoms with Crippen molar-refractivity contribution in [3.63, 3.8) is 0 Å². The maximum absolute atomic E-state index is 14.1. The number of aromatic nitrogens is 4. The van der Waals surface area contributed by atoms with Gasteiger partial charge in [-0.25, -0.2) is 4.39 Å². The number of carbonyl (C=O) groups excluding carboxylic acids is 1. The summed E-state index contributed by atoms with van der Waals surface area (Å²) in [5.41, 5.74) is 1.96. The minimum absolute atomic E-state index is 0.0739. The number of hydrogen-bond donors (Lipinski definition) is 2. The Balaban J connectivity index is 1.39. The quantitative estimate of drug-likeness (QED) is 0.507. The van der Waals surface area contributed by atoms with Gasteiger partial charge in [-0.15, -0.1) is 15.3 Å². The van der Waals surface area contributed by atoms with E-state index in [0.29, 0.717) is 29.4 Å². The molecule has 4 rings (SSSR count). The van der Waals surface area contributed by atoms with Crippen molar-refractivity contribution in [1.82, 2.24) is 25.1 Å². The molecule has 0 aliphatic carbocycles. The van der Waals surface area contributed by atoms with Gasteiger partial charge >= 0.3 is 0 Å². The summed E-state index contributed by atoms with van der Waals surface area (Å²) in [5, 5.41) is 18.3. The zero-order chi connectivity index (χ0) is 20.1. The summed E-state index contributed by atoms with van der Waals surface area (Å²) in [6.07, 6.45) is 0.767. The van der Waals surface area contributed by atoms with Crippen LogP contribution in [0.2, 0.25) is 0 Å². The first-order valence-electron chi connectivity index (χ1n) is 9.22. The van der Waals surface area contributed by atoms with Crippen molar-refractivity contribution in [3.8, 4) is 11.4 Å². The Morgan fingerprint density at radius 2 is 1.76 bits per heavy atom. The van der Waals surface area contributed by atoms with Crippen molar-refractivity contribution in [3.05, 3.63) is 78.1 Å². The fraction of sp³-hybridized carbons (Fsp3) is 0.143. The van der Waals surface area contributed by atoms with Crippen molar-refractivity contribution in [2.24, 2.45) is 0 Å². The summed E-state index contributed by atoms with van der Waals surface area (Å²) in [6, 6.07) is 19.7. The fourth-order valence-corrected chi connectivity index (χ4v) is 2.92. The molecule has 0 aliphatic rings. The van der Waals surface area contributed by atoms with Gasteiger partial charge in [-0.05, 0) is 36.2 Å². The number of amides is 1. The molecule has 0 radical (unpaired) electrons. The summed E-state index contributed by atoms with van der Waals surface area (Å²) in [4.78, 5) is 12.1. The molecule has 0 fully saturated rings. The maximum Gasteiger partial charge on any atom is 0.239 e. The van der Waals surface area contributed by atoms with E-state index in [1.165, 1.54) is 16.1 Å². The van der Waals surface area contributed by atoms with Gasteiger partial charge in [-0.1, -0.05) is 42.5 Å². The van der Waals surface area contributed by atoms with Gasteiger partial charge in [0, 0.05) is 6.54 Å². The molecule has 0 saturated heterocycles. The predicted molar refractivity (Wildman–Crippen MR) is 108 cm³/mol. The smallest absolute Gasteiger partial charge is 0.239 e. The second-order valence-corrected chi connectivity index (χ2v) is 6.43. The van der Waals surface area contributed by atoms with Crippen molar-refractivity contribution < 1.29 is 9.18 Å². The normalized spacial score (nSPS) is 10.8. The van der Waals surface area contributed by atoms with Gasteiger partial charge in [0.05, 0.1) is 12.1 Å². The van der Waals surface area contributed by atoms with Gasteiger partial charge in [0.2, 0.25) is 5.91 Å². The van der Waals surface area contributed by atoms with Gasteiger partial charge < -0.3 is 10.6 Å². The van der Waals surface area contributed by atoms with Crippen LogP contribution in [0.4, 0.5) is 10.2 Å². The van der Waals surface area contributed by atoms with E-state index in [9.17, 15) is 9.18 Å². The minimum Gasteiger partial charge on any atom is -0.360 e. The molecule has 0 unspecified atom stereocenters. The van der Waals surface area contributed by atoms with E-state index < -0.39 is 5.82 Å². The Labute approximate surface area is 166 Å². The number of nitrogens with one attached hydrogen (secondary N) is 2. The maximum atomic E-state index is 14.1. The largest absolute Gasteiger partial charge is 0.360 e. The van der Waals surface area contributed by atoms with Crippen LogP contribution in [0, 0.1) is 5.82 Å². The first-order valence-corrected chi connectivity index (χ1v) is 9.22. The molecular weight excluding hydrogens is 371 g/mol. The van der Waals surface area contributed by atoms with Gasteiger partial charge in [0.1, 0.15) is 11.6 Å². The third-order valence-corrected chi connectivity index (χ3v) is 4.39. The molecule has 2 N–H and O–H groups in total. The molecule has 1 amide bonds. The van der Waals surface area contributed by atoms with Crippen molar-refractivity contribution in [2.75, 3.05) is 18.4 Å². The summed E-state index contributed by atoms with van der Waals surface area (Å²) in [7, 11) is 0. The first-order chi connectivity index (χ1) is 14.2. The average molecular weight is 390 g/mol. The second-order valence-electron chi connectivity index (χ2n) is 6.43. The lowest BCUT2D eigenvalue weighted by Crippen LogP contribution is -2.31. The van der Waals surface area contributed by atoms with Crippen LogP contribution in [0.1, 0.15) is 5.56 Å². The van der Waals surface area contributed by atoms with Crippen LogP contribution < -0.4 is 10.6 Å². The highest BCUT2D eigenvalue weighted by Crippen LogP contribution is 2.21. The molecule has 0 aliphatic heterocycles. The third-order valence-electron chi connectivity index (χ3n) is 4.39. The average Bonchev–Trinajstić information content (AvgIpc) is 3.16. The number of nitrogens with zero attached hydrogens (tertiary/aromatic N) is 4. The van der Waals surface area contributed by atoms with Gasteiger partial charge in [0.15, 0.2) is 11.5 Å². The van der Waals surface area contributed by atoms with E-state index in [4.69, 9.17) is 0 Å². The summed E-state index contributed by atoms with van der Waals surface area (Å²) in [5.74, 6) is 0.225. The Bertz CT molecular complexity index is 1130. The van der Waals surface area contributed by atoms with Crippen LogP contribution in [0.25, 0.3) is 17.0 Å². The Morgan fingerprint density at radius 3 is 2.59 bits per heavy atom. The summed E-state index contributed by atoms with van der Waals surface area (Å²) >= 11 is 0. The van der Waals surface area contributed by atoms with E-state index in [-0.39, 0.29) is 12.5 Å². The van der Waals surface area contributed by atoms with E-state index in [0.717, 1.165) is 6.42 Å². The lowest BCUT2D eigenvalue weighted by atomic mass is 10.1. The number of carbonyl (C=O) groups is 1. The van der Waals surface area contributed by atoms with Crippen LogP contribution in [-0.4, -0.2) is 38.8 Å². The zero-order valence-corrected chi connectivity index (χ0v) is 15.5. The number of rotatable bonds is 7. The molecule has 0 bridgehead atoms. The monoisotopic (exact) mass is 390 g/mol. The summed E-state index contributed by atoms with van der Waals surface area (Å²) < 4.78 is 15.6. The molecule has 2 heterocycles. The minimum atomic E-state index is -0.403. The topological polar surface area (TPSA) is 84.2 Å². The van der Waals surface area contributed by atoms with E-state index in [2.05, 4.69) is 25.9 Å². The second kappa shape index (κ2) is 8.47. The molecule has 2 aromatic carbocycles. The molecule has 2 aromatic heterocycles. The number of anilines is 1. The first kappa shape index (κ1) is 18.5. The number of fused-ring (bicyclic) bond motifs is 1. The Kier molecular flexibility index (Phi) is 5.42. The lowest BCUT2D eigenvalue weighted by molar-refractivity contribution is -0.119. The molecule has 0 saturated carbocycles. The van der Waals surface area contributed by atoms with Crippen LogP contribution in [0.5, 0.6) is 0 Å². The molecule has 0 atom stereocenters. The number of hydrogen-bond acceptors (Lipinski definition) is 5. The fourth-order valence-electron chi connectivity index (χ4n) is 2.92. The lowest BCUT2D eigenvalue weighted by Gasteiger charge is -2.08. The molecule has 8 heteroatoms. The number of benzene rings is 2. The van der Waals surface area contributed by atoms with E-state index in [1.807, 2.05) is 30.3 Å². The van der Waals surface area contributed by atoms with Gasteiger partial charge in [-0.2, -0.15) is 4.52 Å². The van der Waals surface area contributed by atoms with E-state index >= 15 is 0 Å². The Hall–Kier alpha value is -3.81. The summed E-state index contributed by atoms with van der Waals surface area (Å²) in [6.45, 7) is 0.629. The van der Waals surface area contributed by atoms with Crippen molar-refractivity contribution in [1.29, 1.82) is 0 Å². The van der Waals surface area contributed by atoms with E-state index in [1.54, 1.807) is 30.3 Å². The molecular formula is C21H19FN6O. The van der Waals surface area contributed by atoms with Crippen LogP contribution >= 0.6 is 0 Å². The van der Waals surface area contributed by atoms with Crippen LogP contribution in [-0.2, 0) is 11.2 Å². The van der Waals surface area contributed by atoms with Crippen LogP contribution in [0.3, 0.4) is 0 Å². The molecule has 7 nitrogen and oxygen atoms in total. The highest BCUT2D eigenvalue weighted by atomic mass is 19.1. The number of halogens is 1. The zero-order valence-electron chi connectivity index (χ0n) is 15.5. The van der Waals surface area contributed by atoms with Crippen molar-refractivity contribution >= 4 is 17.4 Å². The van der Waals surface area contributed by atoms with Gasteiger partial charge in [0.25, 0.3) is 0 Å². The van der Waals surface area contributed by atoms with Crippen LogP contribution in [0.15, 0.2) is 66.7 Å². The highest BCUT2D eigenvalue weighted by molar-refractivity contribution is 5.80. The SMILES string of the molecule is O=C(CNc1ccc2nnc(-c3ccccc3F)n2n1)NCCc1ccccc1. The van der Waals surface area contributed by atoms with Gasteiger partial charge in [-0.3, -0.25) is 4.79 Å². The third kappa shape index (κ3) is 4.37. The standard InChI is InChI=1S/C21H19FN6O/c22-17-9-5-4-8-16(17)21-26-25-19-11-10-18(27-28(19)21)24-14-20(29)23-13-12-15-6-2-1-3-7-15/h1-11H,12-14H2,(H,23,29)(H,24,27). The molecule has 29 heavy (non-hydrogen) atoms.